The molecule has 2 aromatic rings. The Hall–Kier alpha value is -2.04. The second kappa shape index (κ2) is 9.94. The van der Waals surface area contributed by atoms with E-state index >= 15 is 0 Å². The van der Waals surface area contributed by atoms with Crippen molar-refractivity contribution in [2.75, 3.05) is 0 Å². The van der Waals surface area contributed by atoms with Crippen molar-refractivity contribution in [3.63, 3.8) is 0 Å². The van der Waals surface area contributed by atoms with Crippen molar-refractivity contribution in [2.45, 2.75) is 52.7 Å². The summed E-state index contributed by atoms with van der Waals surface area (Å²) in [7, 11) is 0. The number of hydrogen-bond donors (Lipinski definition) is 1. The lowest BCUT2D eigenvalue weighted by Crippen LogP contribution is -2.49. The first-order valence-corrected chi connectivity index (χ1v) is 10.0. The predicted octanol–water partition coefficient (Wildman–Crippen LogP) is 4.79. The van der Waals surface area contributed by atoms with Crippen LogP contribution in [0.1, 0.15) is 37.5 Å². The minimum absolute atomic E-state index is 0.0110. The number of aryl methyl sites for hydroxylation is 1. The molecule has 1 atom stereocenters. The fourth-order valence-electron chi connectivity index (χ4n) is 2.80. The lowest BCUT2D eigenvalue weighted by molar-refractivity contribution is -0.140. The number of rotatable bonds is 7. The summed E-state index contributed by atoms with van der Waals surface area (Å²) in [4.78, 5) is 27.2. The van der Waals surface area contributed by atoms with E-state index < -0.39 is 6.04 Å². The van der Waals surface area contributed by atoms with Crippen LogP contribution < -0.4 is 5.32 Å². The van der Waals surface area contributed by atoms with Gasteiger partial charge in [-0.3, -0.25) is 9.59 Å². The molecule has 1 unspecified atom stereocenters. The van der Waals surface area contributed by atoms with Crippen LogP contribution in [0.3, 0.4) is 0 Å². The van der Waals surface area contributed by atoms with Crippen molar-refractivity contribution in [2.24, 2.45) is 0 Å². The molecule has 0 saturated carbocycles. The maximum Gasteiger partial charge on any atom is 0.242 e. The molecule has 2 aromatic carbocycles. The Kier molecular flexibility index (Phi) is 7.90. The molecule has 1 N–H and O–H groups in total. The summed E-state index contributed by atoms with van der Waals surface area (Å²) in [6.45, 7) is 7.74. The van der Waals surface area contributed by atoms with Crippen molar-refractivity contribution >= 4 is 35.0 Å². The Morgan fingerprint density at radius 1 is 1.04 bits per heavy atom. The number of halogens is 2. The highest BCUT2D eigenvalue weighted by atomic mass is 35.5. The van der Waals surface area contributed by atoms with Gasteiger partial charge < -0.3 is 10.2 Å². The highest BCUT2D eigenvalue weighted by Crippen LogP contribution is 2.23. The molecule has 0 bridgehead atoms. The van der Waals surface area contributed by atoms with Crippen LogP contribution in [0.15, 0.2) is 42.5 Å². The highest BCUT2D eigenvalue weighted by molar-refractivity contribution is 6.35. The zero-order valence-corrected chi connectivity index (χ0v) is 18.1. The van der Waals surface area contributed by atoms with Crippen molar-refractivity contribution in [1.82, 2.24) is 10.2 Å². The van der Waals surface area contributed by atoms with Gasteiger partial charge in [0.15, 0.2) is 0 Å². The standard InChI is InChI=1S/C22H26Cl2N2O2/c1-14(2)25-22(28)16(4)26(13-18-9-10-19(23)12-20(18)24)21(27)11-17-7-5-15(3)6-8-17/h5-10,12,14,16H,11,13H2,1-4H3,(H,25,28). The first-order chi connectivity index (χ1) is 13.2. The Labute approximate surface area is 176 Å². The van der Waals surface area contributed by atoms with Gasteiger partial charge in [-0.15, -0.1) is 0 Å². The third-order valence-electron chi connectivity index (χ3n) is 4.43. The van der Waals surface area contributed by atoms with Gasteiger partial charge in [-0.25, -0.2) is 0 Å². The lowest BCUT2D eigenvalue weighted by atomic mass is 10.1. The molecule has 6 heteroatoms. The van der Waals surface area contributed by atoms with Crippen molar-refractivity contribution in [1.29, 1.82) is 0 Å². The lowest BCUT2D eigenvalue weighted by Gasteiger charge is -2.30. The van der Waals surface area contributed by atoms with Gasteiger partial charge in [0, 0.05) is 22.6 Å². The molecule has 28 heavy (non-hydrogen) atoms. The third kappa shape index (κ3) is 6.25. The zero-order valence-electron chi connectivity index (χ0n) is 16.6. The largest absolute Gasteiger partial charge is 0.352 e. The molecule has 0 saturated heterocycles. The maximum atomic E-state index is 13.1. The maximum absolute atomic E-state index is 13.1. The van der Waals surface area contributed by atoms with E-state index in [-0.39, 0.29) is 30.8 Å². The molecule has 0 fully saturated rings. The van der Waals surface area contributed by atoms with E-state index in [0.717, 1.165) is 16.7 Å². The topological polar surface area (TPSA) is 49.4 Å². The Bertz CT molecular complexity index is 835. The van der Waals surface area contributed by atoms with E-state index in [4.69, 9.17) is 23.2 Å². The molecule has 0 spiro atoms. The number of benzene rings is 2. The number of carbonyl (C=O) groups excluding carboxylic acids is 2. The summed E-state index contributed by atoms with van der Waals surface area (Å²) in [6, 6.07) is 12.3. The minimum Gasteiger partial charge on any atom is -0.352 e. The van der Waals surface area contributed by atoms with Gasteiger partial charge in [0.05, 0.1) is 6.42 Å². The van der Waals surface area contributed by atoms with E-state index in [0.29, 0.717) is 10.0 Å². The molecule has 150 valence electrons. The van der Waals surface area contributed by atoms with Crippen LogP contribution in [0.2, 0.25) is 10.0 Å². The molecule has 0 aliphatic rings. The first-order valence-electron chi connectivity index (χ1n) is 9.26. The number of hydrogen-bond acceptors (Lipinski definition) is 2. The summed E-state index contributed by atoms with van der Waals surface area (Å²) >= 11 is 12.3. The summed E-state index contributed by atoms with van der Waals surface area (Å²) in [5.74, 6) is -0.335. The Morgan fingerprint density at radius 3 is 2.25 bits per heavy atom. The third-order valence-corrected chi connectivity index (χ3v) is 5.02. The Morgan fingerprint density at radius 2 is 1.68 bits per heavy atom. The highest BCUT2D eigenvalue weighted by Gasteiger charge is 2.27. The van der Waals surface area contributed by atoms with Gasteiger partial charge in [0.1, 0.15) is 6.04 Å². The van der Waals surface area contributed by atoms with Gasteiger partial charge in [0.2, 0.25) is 11.8 Å². The van der Waals surface area contributed by atoms with Crippen LogP contribution in [0.5, 0.6) is 0 Å². The number of amides is 2. The van der Waals surface area contributed by atoms with E-state index in [9.17, 15) is 9.59 Å². The molecular weight excluding hydrogens is 395 g/mol. The summed E-state index contributed by atoms with van der Waals surface area (Å²) in [6.07, 6.45) is 0.213. The van der Waals surface area contributed by atoms with E-state index in [1.165, 1.54) is 0 Å². The number of nitrogens with zero attached hydrogens (tertiary/aromatic N) is 1. The van der Waals surface area contributed by atoms with Crippen LogP contribution in [0.25, 0.3) is 0 Å². The van der Waals surface area contributed by atoms with Gasteiger partial charge in [0.25, 0.3) is 0 Å². The average Bonchev–Trinajstić information content (AvgIpc) is 2.61. The smallest absolute Gasteiger partial charge is 0.242 e. The van der Waals surface area contributed by atoms with Gasteiger partial charge in [-0.05, 0) is 51.0 Å². The fraction of sp³-hybridized carbons (Fsp3) is 0.364. The van der Waals surface area contributed by atoms with Gasteiger partial charge in [-0.2, -0.15) is 0 Å². The van der Waals surface area contributed by atoms with Gasteiger partial charge in [-0.1, -0.05) is 59.1 Å². The number of carbonyl (C=O) groups is 2. The molecule has 2 amide bonds. The molecular formula is C22H26Cl2N2O2. The van der Waals surface area contributed by atoms with E-state index in [1.807, 2.05) is 45.0 Å². The quantitative estimate of drug-likeness (QED) is 0.699. The van der Waals surface area contributed by atoms with Gasteiger partial charge >= 0.3 is 0 Å². The molecule has 0 aliphatic heterocycles. The molecule has 4 nitrogen and oxygen atoms in total. The SMILES string of the molecule is Cc1ccc(CC(=O)N(Cc2ccc(Cl)cc2Cl)C(C)C(=O)NC(C)C)cc1. The number of nitrogens with one attached hydrogen (secondary N) is 1. The monoisotopic (exact) mass is 420 g/mol. The average molecular weight is 421 g/mol. The minimum atomic E-state index is -0.632. The Balaban J connectivity index is 2.27. The molecule has 0 aromatic heterocycles. The van der Waals surface area contributed by atoms with Crippen LogP contribution in [0, 0.1) is 6.92 Å². The molecule has 0 heterocycles. The predicted molar refractivity (Wildman–Crippen MR) is 115 cm³/mol. The van der Waals surface area contributed by atoms with Crippen LogP contribution in [-0.2, 0) is 22.6 Å². The zero-order chi connectivity index (χ0) is 20.8. The van der Waals surface area contributed by atoms with E-state index in [2.05, 4.69) is 5.32 Å². The fourth-order valence-corrected chi connectivity index (χ4v) is 3.27. The van der Waals surface area contributed by atoms with Crippen molar-refractivity contribution in [3.8, 4) is 0 Å². The van der Waals surface area contributed by atoms with E-state index in [1.54, 1.807) is 30.0 Å². The molecule has 0 radical (unpaired) electrons. The second-order valence-electron chi connectivity index (χ2n) is 7.26. The molecule has 2 rings (SSSR count). The summed E-state index contributed by atoms with van der Waals surface area (Å²) in [5, 5.41) is 3.87. The summed E-state index contributed by atoms with van der Waals surface area (Å²) in [5.41, 5.74) is 2.78. The van der Waals surface area contributed by atoms with Crippen molar-refractivity contribution < 1.29 is 9.59 Å². The van der Waals surface area contributed by atoms with Crippen LogP contribution in [-0.4, -0.2) is 28.8 Å². The van der Waals surface area contributed by atoms with Crippen molar-refractivity contribution in [3.05, 3.63) is 69.2 Å². The summed E-state index contributed by atoms with van der Waals surface area (Å²) < 4.78 is 0. The molecule has 0 aliphatic carbocycles. The first kappa shape index (κ1) is 22.3. The van der Waals surface area contributed by atoms with Crippen LogP contribution in [0.4, 0.5) is 0 Å². The second-order valence-corrected chi connectivity index (χ2v) is 8.10. The van der Waals surface area contributed by atoms with Crippen LogP contribution >= 0.6 is 23.2 Å². The normalized spacial score (nSPS) is 12.0.